The molecule has 0 saturated heterocycles. The quantitative estimate of drug-likeness (QED) is 0.689. The van der Waals surface area contributed by atoms with Crippen LogP contribution in [0.25, 0.3) is 11.0 Å². The molecule has 6 heteroatoms. The molecule has 0 spiro atoms. The number of para-hydroxylation sites is 3. The Morgan fingerprint density at radius 2 is 1.71 bits per heavy atom. The summed E-state index contributed by atoms with van der Waals surface area (Å²) in [5.41, 5.74) is 4.55. The van der Waals surface area contributed by atoms with Crippen molar-refractivity contribution in [1.82, 2.24) is 14.9 Å². The van der Waals surface area contributed by atoms with Gasteiger partial charge >= 0.3 is 0 Å². The molecule has 3 rings (SSSR count). The number of aromatic nitrogens is 2. The number of rotatable bonds is 6. The fourth-order valence-electron chi connectivity index (χ4n) is 3.14. The average Bonchev–Trinajstić information content (AvgIpc) is 3.00. The number of nitrogens with zero attached hydrogens (tertiary/aromatic N) is 2. The highest BCUT2D eigenvalue weighted by Gasteiger charge is 2.16. The molecular weight excluding hydrogens is 352 g/mol. The zero-order valence-corrected chi connectivity index (χ0v) is 16.7. The van der Waals surface area contributed by atoms with Crippen molar-refractivity contribution in [3.05, 3.63) is 59.4 Å². The first kappa shape index (κ1) is 19.6. The molecule has 0 radical (unpaired) electrons. The molecule has 2 N–H and O–H groups in total. The van der Waals surface area contributed by atoms with Gasteiger partial charge in [0.1, 0.15) is 12.4 Å². The summed E-state index contributed by atoms with van der Waals surface area (Å²) in [6.07, 6.45) is 0. The molecule has 3 aromatic rings. The Balaban J connectivity index is 1.85. The second-order valence-electron chi connectivity index (χ2n) is 7.29. The van der Waals surface area contributed by atoms with Gasteiger partial charge in [0, 0.05) is 11.6 Å². The number of hydrogen-bond donors (Lipinski definition) is 2. The number of aryl methyl sites for hydroxylation is 2. The van der Waals surface area contributed by atoms with E-state index in [1.807, 2.05) is 74.7 Å². The average molecular weight is 378 g/mol. The van der Waals surface area contributed by atoms with Gasteiger partial charge < -0.3 is 15.2 Å². The Labute approximate surface area is 165 Å². The highest BCUT2D eigenvalue weighted by Crippen LogP contribution is 2.20. The van der Waals surface area contributed by atoms with Crippen LogP contribution >= 0.6 is 0 Å². The predicted octanol–water partition coefficient (Wildman–Crippen LogP) is 3.56. The molecule has 0 fully saturated rings. The van der Waals surface area contributed by atoms with Crippen LogP contribution in [0.5, 0.6) is 0 Å². The van der Waals surface area contributed by atoms with E-state index >= 15 is 0 Å². The lowest BCUT2D eigenvalue weighted by molar-refractivity contribution is -0.124. The van der Waals surface area contributed by atoms with Gasteiger partial charge in [-0.2, -0.15) is 0 Å². The van der Waals surface area contributed by atoms with E-state index in [0.717, 1.165) is 27.8 Å². The SMILES string of the molecule is Cc1cccc(C)c1NC(=O)Cn1c(CNC(=O)C(C)C)nc2ccccc21. The lowest BCUT2D eigenvalue weighted by Gasteiger charge is -2.14. The summed E-state index contributed by atoms with van der Waals surface area (Å²) in [5.74, 6) is 0.382. The number of carbonyl (C=O) groups excluding carboxylic acids is 2. The molecule has 0 aliphatic heterocycles. The maximum Gasteiger partial charge on any atom is 0.244 e. The number of benzene rings is 2. The largest absolute Gasteiger partial charge is 0.349 e. The summed E-state index contributed by atoms with van der Waals surface area (Å²) in [5, 5.41) is 5.90. The Hall–Kier alpha value is -3.15. The highest BCUT2D eigenvalue weighted by molar-refractivity contribution is 5.93. The van der Waals surface area contributed by atoms with Crippen LogP contribution < -0.4 is 10.6 Å². The zero-order valence-electron chi connectivity index (χ0n) is 16.7. The minimum atomic E-state index is -0.128. The fraction of sp³-hybridized carbons (Fsp3) is 0.318. The van der Waals surface area contributed by atoms with Crippen LogP contribution in [0.4, 0.5) is 5.69 Å². The Morgan fingerprint density at radius 1 is 1.04 bits per heavy atom. The van der Waals surface area contributed by atoms with Crippen molar-refractivity contribution < 1.29 is 9.59 Å². The van der Waals surface area contributed by atoms with E-state index in [2.05, 4.69) is 15.6 Å². The third-order valence-corrected chi connectivity index (χ3v) is 4.73. The van der Waals surface area contributed by atoms with Crippen molar-refractivity contribution in [1.29, 1.82) is 0 Å². The first-order chi connectivity index (χ1) is 13.4. The molecule has 0 atom stereocenters. The lowest BCUT2D eigenvalue weighted by atomic mass is 10.1. The molecule has 0 bridgehead atoms. The van der Waals surface area contributed by atoms with Crippen LogP contribution in [-0.4, -0.2) is 21.4 Å². The van der Waals surface area contributed by atoms with E-state index in [-0.39, 0.29) is 30.8 Å². The monoisotopic (exact) mass is 378 g/mol. The van der Waals surface area contributed by atoms with Crippen molar-refractivity contribution in [2.75, 3.05) is 5.32 Å². The lowest BCUT2D eigenvalue weighted by Crippen LogP contribution is -2.29. The van der Waals surface area contributed by atoms with Crippen molar-refractivity contribution in [2.24, 2.45) is 5.92 Å². The first-order valence-corrected chi connectivity index (χ1v) is 9.44. The van der Waals surface area contributed by atoms with Gasteiger partial charge in [-0.25, -0.2) is 4.98 Å². The van der Waals surface area contributed by atoms with Gasteiger partial charge in [0.2, 0.25) is 11.8 Å². The maximum absolute atomic E-state index is 12.8. The number of nitrogens with one attached hydrogen (secondary N) is 2. The van der Waals surface area contributed by atoms with Crippen LogP contribution in [0.3, 0.4) is 0 Å². The summed E-state index contributed by atoms with van der Waals surface area (Å²) in [6.45, 7) is 8.04. The van der Waals surface area contributed by atoms with Crippen molar-refractivity contribution in [3.8, 4) is 0 Å². The van der Waals surface area contributed by atoms with Crippen molar-refractivity contribution in [3.63, 3.8) is 0 Å². The van der Waals surface area contributed by atoms with Crippen LogP contribution in [0, 0.1) is 19.8 Å². The summed E-state index contributed by atoms with van der Waals surface area (Å²) >= 11 is 0. The molecule has 1 heterocycles. The van der Waals surface area contributed by atoms with Gasteiger partial charge in [-0.1, -0.05) is 44.2 Å². The fourth-order valence-corrected chi connectivity index (χ4v) is 3.14. The highest BCUT2D eigenvalue weighted by atomic mass is 16.2. The predicted molar refractivity (Wildman–Crippen MR) is 111 cm³/mol. The summed E-state index contributed by atoms with van der Waals surface area (Å²) < 4.78 is 1.86. The molecule has 2 aromatic carbocycles. The number of hydrogen-bond acceptors (Lipinski definition) is 3. The van der Waals surface area contributed by atoms with E-state index in [1.54, 1.807) is 0 Å². The van der Waals surface area contributed by atoms with Gasteiger partial charge in [-0.05, 0) is 37.1 Å². The molecule has 0 saturated carbocycles. The van der Waals surface area contributed by atoms with E-state index in [4.69, 9.17) is 0 Å². The van der Waals surface area contributed by atoms with Crippen LogP contribution in [0.1, 0.15) is 30.8 Å². The smallest absolute Gasteiger partial charge is 0.244 e. The summed E-state index contributed by atoms with van der Waals surface area (Å²) in [6, 6.07) is 13.6. The van der Waals surface area contributed by atoms with E-state index in [9.17, 15) is 9.59 Å². The summed E-state index contributed by atoms with van der Waals surface area (Å²) in [7, 11) is 0. The van der Waals surface area contributed by atoms with Gasteiger partial charge in [0.25, 0.3) is 0 Å². The standard InChI is InChI=1S/C22H26N4O2/c1-14(2)22(28)23-12-19-24-17-10-5-6-11-18(17)26(19)13-20(27)25-21-15(3)8-7-9-16(21)4/h5-11,14H,12-13H2,1-4H3,(H,23,28)(H,25,27). The molecule has 1 aromatic heterocycles. The van der Waals surface area contributed by atoms with Crippen LogP contribution in [0.15, 0.2) is 42.5 Å². The van der Waals surface area contributed by atoms with Crippen LogP contribution in [-0.2, 0) is 22.7 Å². The molecular formula is C22H26N4O2. The third-order valence-electron chi connectivity index (χ3n) is 4.73. The maximum atomic E-state index is 12.8. The second kappa shape index (κ2) is 8.25. The van der Waals surface area contributed by atoms with Crippen LogP contribution in [0.2, 0.25) is 0 Å². The molecule has 0 aliphatic carbocycles. The molecule has 28 heavy (non-hydrogen) atoms. The molecule has 2 amide bonds. The zero-order chi connectivity index (χ0) is 20.3. The summed E-state index contributed by atoms with van der Waals surface area (Å²) in [4.78, 5) is 29.3. The molecule has 0 aliphatic rings. The Kier molecular flexibility index (Phi) is 5.78. The minimum absolute atomic E-state index is 0.0430. The van der Waals surface area contributed by atoms with Gasteiger partial charge in [0.15, 0.2) is 0 Å². The molecule has 146 valence electrons. The first-order valence-electron chi connectivity index (χ1n) is 9.44. The number of imidazole rings is 1. The number of amides is 2. The number of anilines is 1. The second-order valence-corrected chi connectivity index (χ2v) is 7.29. The van der Waals surface area contributed by atoms with E-state index in [1.165, 1.54) is 0 Å². The van der Waals surface area contributed by atoms with Gasteiger partial charge in [-0.3, -0.25) is 9.59 Å². The Morgan fingerprint density at radius 3 is 2.39 bits per heavy atom. The molecule has 0 unspecified atom stereocenters. The van der Waals surface area contributed by atoms with Crippen molar-refractivity contribution >= 4 is 28.5 Å². The topological polar surface area (TPSA) is 76.0 Å². The van der Waals surface area contributed by atoms with Crippen molar-refractivity contribution in [2.45, 2.75) is 40.8 Å². The van der Waals surface area contributed by atoms with Gasteiger partial charge in [-0.15, -0.1) is 0 Å². The van der Waals surface area contributed by atoms with Gasteiger partial charge in [0.05, 0.1) is 17.6 Å². The Bertz CT molecular complexity index is 1000. The molecule has 6 nitrogen and oxygen atoms in total. The van der Waals surface area contributed by atoms with E-state index in [0.29, 0.717) is 5.82 Å². The third kappa shape index (κ3) is 4.22. The number of fused-ring (bicyclic) bond motifs is 1. The normalized spacial score (nSPS) is 11.0. The number of carbonyl (C=O) groups is 2. The van der Waals surface area contributed by atoms with E-state index < -0.39 is 0 Å². The minimum Gasteiger partial charge on any atom is -0.349 e.